The fourth-order valence-corrected chi connectivity index (χ4v) is 2.02. The molecule has 0 aliphatic rings. The normalized spacial score (nSPS) is 12.8. The Balaban J connectivity index is 2.67. The highest BCUT2D eigenvalue weighted by Gasteiger charge is 2.29. The van der Waals surface area contributed by atoms with Crippen molar-refractivity contribution in [1.29, 1.82) is 0 Å². The predicted octanol–water partition coefficient (Wildman–Crippen LogP) is 2.50. The second-order valence-corrected chi connectivity index (χ2v) is 5.81. The summed E-state index contributed by atoms with van der Waals surface area (Å²) in [6.07, 6.45) is 2.06. The summed E-state index contributed by atoms with van der Waals surface area (Å²) in [5, 5.41) is 11.9. The quantitative estimate of drug-likeness (QED) is 0.720. The van der Waals surface area contributed by atoms with Gasteiger partial charge in [-0.3, -0.25) is 9.59 Å². The van der Waals surface area contributed by atoms with E-state index in [4.69, 9.17) is 5.73 Å². The number of aliphatic carboxylic acids is 1. The number of nitrogens with one attached hydrogen (secondary N) is 1. The number of carbonyl (C=O) groups is 2. The van der Waals surface area contributed by atoms with Gasteiger partial charge in [0, 0.05) is 18.2 Å². The van der Waals surface area contributed by atoms with Crippen LogP contribution in [0.2, 0.25) is 0 Å². The van der Waals surface area contributed by atoms with Gasteiger partial charge in [-0.25, -0.2) is 0 Å². The van der Waals surface area contributed by atoms with E-state index in [1.54, 1.807) is 38.1 Å². The van der Waals surface area contributed by atoms with Gasteiger partial charge in [0.1, 0.15) is 0 Å². The van der Waals surface area contributed by atoms with Crippen molar-refractivity contribution in [2.75, 3.05) is 5.32 Å². The molecule has 116 valence electrons. The Labute approximate surface area is 125 Å². The van der Waals surface area contributed by atoms with Crippen molar-refractivity contribution in [1.82, 2.24) is 0 Å². The van der Waals surface area contributed by atoms with E-state index in [1.165, 1.54) is 0 Å². The Kier molecular flexibility index (Phi) is 5.90. The van der Waals surface area contributed by atoms with Gasteiger partial charge in [-0.1, -0.05) is 25.5 Å². The van der Waals surface area contributed by atoms with E-state index in [2.05, 4.69) is 5.32 Å². The second kappa shape index (κ2) is 7.22. The summed E-state index contributed by atoms with van der Waals surface area (Å²) in [7, 11) is 0. The third-order valence-corrected chi connectivity index (χ3v) is 3.53. The van der Waals surface area contributed by atoms with Crippen LogP contribution >= 0.6 is 0 Å². The third-order valence-electron chi connectivity index (χ3n) is 3.53. The van der Waals surface area contributed by atoms with E-state index in [0.717, 1.165) is 12.8 Å². The fraction of sp³-hybridized carbons (Fsp3) is 0.500. The molecule has 0 aliphatic carbocycles. The van der Waals surface area contributed by atoms with Crippen molar-refractivity contribution >= 4 is 17.6 Å². The molecule has 1 aromatic carbocycles. The first-order chi connectivity index (χ1) is 9.77. The number of carboxylic acid groups (broad SMARTS) is 1. The number of anilines is 1. The molecule has 1 atom stereocenters. The average Bonchev–Trinajstić information content (AvgIpc) is 2.39. The lowest BCUT2D eigenvalue weighted by Gasteiger charge is -2.20. The SMILES string of the molecule is CCCC(N)CC(=O)Nc1ccc(C(C)(C)C(=O)O)cc1. The molecule has 4 N–H and O–H groups in total. The van der Waals surface area contributed by atoms with Gasteiger partial charge >= 0.3 is 5.97 Å². The summed E-state index contributed by atoms with van der Waals surface area (Å²) < 4.78 is 0. The maximum atomic E-state index is 11.8. The molecule has 21 heavy (non-hydrogen) atoms. The lowest BCUT2D eigenvalue weighted by atomic mass is 9.85. The van der Waals surface area contributed by atoms with Gasteiger partial charge in [0.25, 0.3) is 0 Å². The van der Waals surface area contributed by atoms with Gasteiger partial charge in [-0.15, -0.1) is 0 Å². The number of rotatable bonds is 7. The summed E-state index contributed by atoms with van der Waals surface area (Å²) in [6.45, 7) is 5.32. The van der Waals surface area contributed by atoms with E-state index < -0.39 is 11.4 Å². The molecule has 5 heteroatoms. The van der Waals surface area contributed by atoms with Crippen LogP contribution < -0.4 is 11.1 Å². The van der Waals surface area contributed by atoms with E-state index in [1.807, 2.05) is 6.92 Å². The predicted molar refractivity (Wildman–Crippen MR) is 83.2 cm³/mol. The van der Waals surface area contributed by atoms with Crippen LogP contribution in [-0.2, 0) is 15.0 Å². The molecule has 0 saturated heterocycles. The molecule has 0 spiro atoms. The van der Waals surface area contributed by atoms with Crippen molar-refractivity contribution in [3.8, 4) is 0 Å². The molecule has 0 heterocycles. The van der Waals surface area contributed by atoms with Crippen LogP contribution in [0, 0.1) is 0 Å². The zero-order valence-corrected chi connectivity index (χ0v) is 12.8. The van der Waals surface area contributed by atoms with Crippen molar-refractivity contribution in [3.05, 3.63) is 29.8 Å². The lowest BCUT2D eigenvalue weighted by Crippen LogP contribution is -2.28. The highest BCUT2D eigenvalue weighted by Crippen LogP contribution is 2.24. The number of carbonyl (C=O) groups excluding carboxylic acids is 1. The van der Waals surface area contributed by atoms with Crippen LogP contribution in [0.15, 0.2) is 24.3 Å². The van der Waals surface area contributed by atoms with Crippen LogP contribution in [0.4, 0.5) is 5.69 Å². The summed E-state index contributed by atoms with van der Waals surface area (Å²) >= 11 is 0. The van der Waals surface area contributed by atoms with Crippen molar-refractivity contribution < 1.29 is 14.7 Å². The number of hydrogen-bond acceptors (Lipinski definition) is 3. The van der Waals surface area contributed by atoms with E-state index in [-0.39, 0.29) is 18.4 Å². The first kappa shape index (κ1) is 17.2. The number of hydrogen-bond donors (Lipinski definition) is 3. The summed E-state index contributed by atoms with van der Waals surface area (Å²) in [4.78, 5) is 23.0. The molecule has 1 unspecified atom stereocenters. The minimum atomic E-state index is -0.952. The van der Waals surface area contributed by atoms with Gasteiger partial charge in [-0.05, 0) is 38.0 Å². The largest absolute Gasteiger partial charge is 0.481 e. The Morgan fingerprint density at radius 2 is 1.86 bits per heavy atom. The minimum absolute atomic E-state index is 0.124. The van der Waals surface area contributed by atoms with Gasteiger partial charge in [0.2, 0.25) is 5.91 Å². The highest BCUT2D eigenvalue weighted by atomic mass is 16.4. The molecule has 1 aromatic rings. The van der Waals surface area contributed by atoms with Crippen LogP contribution in [-0.4, -0.2) is 23.0 Å². The van der Waals surface area contributed by atoms with Crippen molar-refractivity contribution in [3.63, 3.8) is 0 Å². The second-order valence-electron chi connectivity index (χ2n) is 5.81. The van der Waals surface area contributed by atoms with E-state index in [9.17, 15) is 14.7 Å². The van der Waals surface area contributed by atoms with Crippen LogP contribution in [0.5, 0.6) is 0 Å². The van der Waals surface area contributed by atoms with Crippen molar-refractivity contribution in [2.24, 2.45) is 5.73 Å². The van der Waals surface area contributed by atoms with Crippen LogP contribution in [0.3, 0.4) is 0 Å². The monoisotopic (exact) mass is 292 g/mol. The van der Waals surface area contributed by atoms with Crippen molar-refractivity contribution in [2.45, 2.75) is 51.5 Å². The first-order valence-electron chi connectivity index (χ1n) is 7.16. The molecular formula is C16H24N2O3. The minimum Gasteiger partial charge on any atom is -0.481 e. The molecule has 0 aromatic heterocycles. The zero-order chi connectivity index (χ0) is 16.0. The molecule has 0 bridgehead atoms. The summed E-state index contributed by atoms with van der Waals surface area (Å²) in [6, 6.07) is 6.73. The Morgan fingerprint density at radius 1 is 1.29 bits per heavy atom. The van der Waals surface area contributed by atoms with E-state index in [0.29, 0.717) is 11.3 Å². The topological polar surface area (TPSA) is 92.4 Å². The molecule has 0 fully saturated rings. The van der Waals surface area contributed by atoms with Gasteiger partial charge in [0.05, 0.1) is 5.41 Å². The van der Waals surface area contributed by atoms with Crippen LogP contribution in [0.25, 0.3) is 0 Å². The molecule has 5 nitrogen and oxygen atoms in total. The molecule has 1 amide bonds. The van der Waals surface area contributed by atoms with Gasteiger partial charge < -0.3 is 16.2 Å². The lowest BCUT2D eigenvalue weighted by molar-refractivity contribution is -0.142. The Morgan fingerprint density at radius 3 is 2.33 bits per heavy atom. The fourth-order valence-electron chi connectivity index (χ4n) is 2.02. The zero-order valence-electron chi connectivity index (χ0n) is 12.8. The number of carboxylic acids is 1. The average molecular weight is 292 g/mol. The maximum absolute atomic E-state index is 11.8. The third kappa shape index (κ3) is 4.86. The maximum Gasteiger partial charge on any atom is 0.313 e. The molecule has 0 aliphatic heterocycles. The standard InChI is InChI=1S/C16H24N2O3/c1-4-5-12(17)10-14(19)18-13-8-6-11(7-9-13)16(2,3)15(20)21/h6-9,12H,4-5,10,17H2,1-3H3,(H,18,19)(H,20,21). The summed E-state index contributed by atoms with van der Waals surface area (Å²) in [5.41, 5.74) is 6.21. The van der Waals surface area contributed by atoms with E-state index >= 15 is 0 Å². The summed E-state index contributed by atoms with van der Waals surface area (Å²) in [5.74, 6) is -1.01. The Bertz CT molecular complexity index is 495. The highest BCUT2D eigenvalue weighted by molar-refractivity contribution is 5.91. The first-order valence-corrected chi connectivity index (χ1v) is 7.16. The van der Waals surface area contributed by atoms with Gasteiger partial charge in [-0.2, -0.15) is 0 Å². The molecular weight excluding hydrogens is 268 g/mol. The smallest absolute Gasteiger partial charge is 0.313 e. The number of benzene rings is 1. The number of nitrogens with two attached hydrogens (primary N) is 1. The Hall–Kier alpha value is -1.88. The molecule has 0 saturated carbocycles. The molecule has 1 rings (SSSR count). The number of amides is 1. The van der Waals surface area contributed by atoms with Gasteiger partial charge in [0.15, 0.2) is 0 Å². The molecule has 0 radical (unpaired) electrons. The van der Waals surface area contributed by atoms with Crippen LogP contribution in [0.1, 0.15) is 45.6 Å².